The molecule has 1 atom stereocenters. The highest BCUT2D eigenvalue weighted by atomic mass is 35.5. The first-order valence-electron chi connectivity index (χ1n) is 6.26. The fraction of sp³-hybridized carbons (Fsp3) is 0.357. The topological polar surface area (TPSA) is 38.0 Å². The van der Waals surface area contributed by atoms with E-state index in [9.17, 15) is 5.11 Å². The van der Waals surface area contributed by atoms with Crippen LogP contribution in [0.3, 0.4) is 0 Å². The lowest BCUT2D eigenvalue weighted by atomic mass is 10.2. The minimum atomic E-state index is -0.371. The van der Waals surface area contributed by atoms with Crippen LogP contribution in [-0.4, -0.2) is 20.8 Å². The molecule has 0 spiro atoms. The van der Waals surface area contributed by atoms with Crippen molar-refractivity contribution in [3.63, 3.8) is 0 Å². The van der Waals surface area contributed by atoms with E-state index in [2.05, 4.69) is 4.98 Å². The van der Waals surface area contributed by atoms with E-state index < -0.39 is 0 Å². The summed E-state index contributed by atoms with van der Waals surface area (Å²) in [4.78, 5) is 4.31. The first-order chi connectivity index (χ1) is 9.11. The first kappa shape index (κ1) is 14.4. The number of aromatic nitrogens is 2. The molecule has 1 heterocycles. The van der Waals surface area contributed by atoms with Gasteiger partial charge in [-0.05, 0) is 24.6 Å². The van der Waals surface area contributed by atoms with Crippen LogP contribution in [0.25, 0.3) is 11.4 Å². The molecule has 0 saturated carbocycles. The smallest absolute Gasteiger partial charge is 0.141 e. The highest BCUT2D eigenvalue weighted by molar-refractivity contribution is 6.36. The van der Waals surface area contributed by atoms with Crippen molar-refractivity contribution in [3.05, 3.63) is 40.6 Å². The maximum absolute atomic E-state index is 9.90. The molecule has 0 aliphatic rings. The number of nitrogens with zero attached hydrogens (tertiary/aromatic N) is 2. The zero-order valence-corrected chi connectivity index (χ0v) is 12.2. The number of hydrogen-bond donors (Lipinski definition) is 1. The van der Waals surface area contributed by atoms with Crippen molar-refractivity contribution in [1.29, 1.82) is 0 Å². The summed E-state index contributed by atoms with van der Waals surface area (Å²) >= 11 is 12.1. The van der Waals surface area contributed by atoms with E-state index in [1.807, 2.05) is 23.8 Å². The minimum Gasteiger partial charge on any atom is -0.391 e. The predicted molar refractivity (Wildman–Crippen MR) is 78.6 cm³/mol. The average molecular weight is 299 g/mol. The molecule has 1 aromatic heterocycles. The van der Waals surface area contributed by atoms with Crippen LogP contribution >= 0.6 is 23.2 Å². The summed E-state index contributed by atoms with van der Waals surface area (Å²) in [5.74, 6) is 0.747. The molecular formula is C14H16Cl2N2O. The van der Waals surface area contributed by atoms with Gasteiger partial charge in [-0.2, -0.15) is 0 Å². The maximum atomic E-state index is 9.90. The lowest BCUT2D eigenvalue weighted by Crippen LogP contribution is -2.15. The lowest BCUT2D eigenvalue weighted by molar-refractivity contribution is 0.144. The largest absolute Gasteiger partial charge is 0.391 e. The Morgan fingerprint density at radius 2 is 2.16 bits per heavy atom. The van der Waals surface area contributed by atoms with Gasteiger partial charge in [0.15, 0.2) is 0 Å². The lowest BCUT2D eigenvalue weighted by Gasteiger charge is -2.13. The Labute approximate surface area is 122 Å². The summed E-state index contributed by atoms with van der Waals surface area (Å²) in [6, 6.07) is 5.32. The molecule has 0 saturated heterocycles. The zero-order valence-electron chi connectivity index (χ0n) is 10.7. The van der Waals surface area contributed by atoms with Crippen LogP contribution in [0.4, 0.5) is 0 Å². The van der Waals surface area contributed by atoms with Gasteiger partial charge in [0.2, 0.25) is 0 Å². The molecule has 1 unspecified atom stereocenters. The number of aliphatic hydroxyl groups is 1. The molecule has 0 fully saturated rings. The van der Waals surface area contributed by atoms with Crippen molar-refractivity contribution >= 4 is 23.2 Å². The van der Waals surface area contributed by atoms with E-state index in [1.54, 1.807) is 18.3 Å². The van der Waals surface area contributed by atoms with Crippen molar-refractivity contribution in [2.75, 3.05) is 0 Å². The van der Waals surface area contributed by atoms with Gasteiger partial charge in [-0.3, -0.25) is 0 Å². The average Bonchev–Trinajstić information content (AvgIpc) is 2.77. The molecular weight excluding hydrogens is 283 g/mol. The van der Waals surface area contributed by atoms with E-state index in [4.69, 9.17) is 23.2 Å². The molecule has 19 heavy (non-hydrogen) atoms. The molecule has 0 amide bonds. The minimum absolute atomic E-state index is 0.371. The second-order valence-electron chi connectivity index (χ2n) is 4.47. The Hall–Kier alpha value is -1.03. The van der Waals surface area contributed by atoms with Crippen LogP contribution in [0.5, 0.6) is 0 Å². The molecule has 1 aromatic carbocycles. The van der Waals surface area contributed by atoms with Gasteiger partial charge in [0.05, 0.1) is 17.7 Å². The van der Waals surface area contributed by atoms with E-state index in [0.717, 1.165) is 24.2 Å². The van der Waals surface area contributed by atoms with Gasteiger partial charge in [0.1, 0.15) is 5.82 Å². The van der Waals surface area contributed by atoms with Crippen LogP contribution in [0, 0.1) is 0 Å². The molecule has 3 nitrogen and oxygen atoms in total. The van der Waals surface area contributed by atoms with Crippen LogP contribution in [0.2, 0.25) is 10.0 Å². The van der Waals surface area contributed by atoms with Gasteiger partial charge in [-0.25, -0.2) is 4.98 Å². The number of aliphatic hydroxyl groups excluding tert-OH is 1. The highest BCUT2D eigenvalue weighted by Crippen LogP contribution is 2.29. The molecule has 2 aromatic rings. The van der Waals surface area contributed by atoms with Crippen molar-refractivity contribution in [2.45, 2.75) is 32.4 Å². The van der Waals surface area contributed by atoms with Crippen molar-refractivity contribution in [1.82, 2.24) is 9.55 Å². The van der Waals surface area contributed by atoms with Crippen molar-refractivity contribution in [3.8, 4) is 11.4 Å². The molecule has 2 rings (SSSR count). The Kier molecular flexibility index (Phi) is 4.86. The fourth-order valence-electron chi connectivity index (χ4n) is 2.02. The molecule has 0 bridgehead atoms. The molecule has 0 aliphatic heterocycles. The van der Waals surface area contributed by atoms with E-state index >= 15 is 0 Å². The zero-order chi connectivity index (χ0) is 13.8. The molecule has 0 radical (unpaired) electrons. The normalized spacial score (nSPS) is 12.6. The van der Waals surface area contributed by atoms with Crippen LogP contribution in [-0.2, 0) is 6.54 Å². The van der Waals surface area contributed by atoms with E-state index in [0.29, 0.717) is 16.6 Å². The summed E-state index contributed by atoms with van der Waals surface area (Å²) < 4.78 is 1.91. The Morgan fingerprint density at radius 1 is 1.37 bits per heavy atom. The summed E-state index contributed by atoms with van der Waals surface area (Å²) in [6.45, 7) is 2.57. The predicted octanol–water partition coefficient (Wildman–Crippen LogP) is 4.02. The third-order valence-electron chi connectivity index (χ3n) is 2.92. The summed E-state index contributed by atoms with van der Waals surface area (Å²) in [5.41, 5.74) is 0.819. The Bertz CT molecular complexity index is 554. The van der Waals surface area contributed by atoms with Gasteiger partial charge >= 0.3 is 0 Å². The number of imidazole rings is 1. The molecule has 102 valence electrons. The number of hydrogen-bond acceptors (Lipinski definition) is 2. The maximum Gasteiger partial charge on any atom is 0.141 e. The number of benzene rings is 1. The highest BCUT2D eigenvalue weighted by Gasteiger charge is 2.12. The van der Waals surface area contributed by atoms with Gasteiger partial charge in [-0.15, -0.1) is 0 Å². The Morgan fingerprint density at radius 3 is 2.84 bits per heavy atom. The van der Waals surface area contributed by atoms with Gasteiger partial charge in [0, 0.05) is 23.0 Å². The summed E-state index contributed by atoms with van der Waals surface area (Å²) in [7, 11) is 0. The summed E-state index contributed by atoms with van der Waals surface area (Å²) in [6.07, 6.45) is 4.90. The second-order valence-corrected chi connectivity index (χ2v) is 5.31. The second kappa shape index (κ2) is 6.42. The van der Waals surface area contributed by atoms with Gasteiger partial charge in [-0.1, -0.05) is 36.5 Å². The van der Waals surface area contributed by atoms with Crippen LogP contribution in [0.1, 0.15) is 19.8 Å². The van der Waals surface area contributed by atoms with Gasteiger partial charge in [0.25, 0.3) is 0 Å². The first-order valence-corrected chi connectivity index (χ1v) is 7.02. The third-order valence-corrected chi connectivity index (χ3v) is 3.46. The van der Waals surface area contributed by atoms with E-state index in [1.165, 1.54) is 0 Å². The van der Waals surface area contributed by atoms with Gasteiger partial charge < -0.3 is 9.67 Å². The van der Waals surface area contributed by atoms with Crippen molar-refractivity contribution in [2.24, 2.45) is 0 Å². The Balaban J connectivity index is 2.28. The van der Waals surface area contributed by atoms with Crippen LogP contribution in [0.15, 0.2) is 30.6 Å². The van der Waals surface area contributed by atoms with E-state index in [-0.39, 0.29) is 6.10 Å². The standard InChI is InChI=1S/C14H16Cl2N2O/c1-2-3-11(19)9-18-7-6-17-14(18)12-5-4-10(15)8-13(12)16/h4-8,11,19H,2-3,9H2,1H3. The molecule has 0 aliphatic carbocycles. The monoisotopic (exact) mass is 298 g/mol. The summed E-state index contributed by atoms with van der Waals surface area (Å²) in [5, 5.41) is 11.1. The number of halogens is 2. The van der Waals surface area contributed by atoms with Crippen molar-refractivity contribution < 1.29 is 5.11 Å². The SMILES string of the molecule is CCCC(O)Cn1ccnc1-c1ccc(Cl)cc1Cl. The molecule has 5 heteroatoms. The molecule has 1 N–H and O–H groups in total. The number of rotatable bonds is 5. The quantitative estimate of drug-likeness (QED) is 0.905. The fourth-order valence-corrected chi connectivity index (χ4v) is 2.52. The van der Waals surface area contributed by atoms with Crippen LogP contribution < -0.4 is 0 Å². The third kappa shape index (κ3) is 3.50.